The summed E-state index contributed by atoms with van der Waals surface area (Å²) in [6.07, 6.45) is 2.16. The normalized spacial score (nSPS) is 11.0. The van der Waals surface area contributed by atoms with E-state index >= 15 is 0 Å². The molecule has 15 heavy (non-hydrogen) atoms. The van der Waals surface area contributed by atoms with Gasteiger partial charge in [0.1, 0.15) is 5.69 Å². The molecule has 0 aliphatic rings. The second-order valence-electron chi connectivity index (χ2n) is 4.08. The predicted molar refractivity (Wildman–Crippen MR) is 62.1 cm³/mol. The molecular formula is C11H21N3O. The van der Waals surface area contributed by atoms with Crippen molar-refractivity contribution in [3.63, 3.8) is 0 Å². The van der Waals surface area contributed by atoms with Gasteiger partial charge in [-0.15, -0.1) is 0 Å². The lowest BCUT2D eigenvalue weighted by atomic mass is 10.1. The number of nitrogens with two attached hydrogens (primary N) is 1. The Morgan fingerprint density at radius 1 is 1.47 bits per heavy atom. The maximum absolute atomic E-state index is 5.98. The van der Waals surface area contributed by atoms with Crippen molar-refractivity contribution in [3.8, 4) is 5.88 Å². The summed E-state index contributed by atoms with van der Waals surface area (Å²) in [5.74, 6) is 1.03. The first-order valence-electron chi connectivity index (χ1n) is 5.53. The minimum absolute atomic E-state index is 0.333. The molecule has 4 heteroatoms. The van der Waals surface area contributed by atoms with Gasteiger partial charge < -0.3 is 10.5 Å². The van der Waals surface area contributed by atoms with Crippen LogP contribution >= 0.6 is 0 Å². The van der Waals surface area contributed by atoms with Gasteiger partial charge in [-0.2, -0.15) is 5.10 Å². The van der Waals surface area contributed by atoms with Gasteiger partial charge in [-0.05, 0) is 12.3 Å². The van der Waals surface area contributed by atoms with Gasteiger partial charge in [-0.3, -0.25) is 0 Å². The Kier molecular flexibility index (Phi) is 4.00. The number of nitrogen functional groups attached to an aromatic ring is 1. The first-order chi connectivity index (χ1) is 7.07. The molecule has 0 unspecified atom stereocenters. The van der Waals surface area contributed by atoms with E-state index in [0.717, 1.165) is 18.5 Å². The molecule has 0 bridgehead atoms. The summed E-state index contributed by atoms with van der Waals surface area (Å²) in [5, 5.41) is 4.36. The maximum atomic E-state index is 5.98. The first kappa shape index (κ1) is 11.9. The van der Waals surface area contributed by atoms with Gasteiger partial charge in [0.05, 0.1) is 12.3 Å². The molecule has 0 fully saturated rings. The van der Waals surface area contributed by atoms with E-state index in [-0.39, 0.29) is 0 Å². The average Bonchev–Trinajstić information content (AvgIpc) is 2.45. The number of rotatable bonds is 5. The SMILES string of the molecule is CCCCOc1c(N)c(C(C)C)nn1C. The minimum atomic E-state index is 0.333. The molecule has 1 heterocycles. The molecule has 86 valence electrons. The quantitative estimate of drug-likeness (QED) is 0.760. The van der Waals surface area contributed by atoms with Crippen molar-refractivity contribution in [1.82, 2.24) is 9.78 Å². The molecule has 0 radical (unpaired) electrons. The van der Waals surface area contributed by atoms with Gasteiger partial charge in [0, 0.05) is 7.05 Å². The van der Waals surface area contributed by atoms with Crippen molar-refractivity contribution in [1.29, 1.82) is 0 Å². The van der Waals surface area contributed by atoms with Crippen LogP contribution in [-0.2, 0) is 7.05 Å². The number of ether oxygens (including phenoxy) is 1. The van der Waals surface area contributed by atoms with Crippen molar-refractivity contribution >= 4 is 5.69 Å². The summed E-state index contributed by atoms with van der Waals surface area (Å²) in [6, 6.07) is 0. The van der Waals surface area contributed by atoms with E-state index < -0.39 is 0 Å². The molecule has 0 aromatic carbocycles. The maximum Gasteiger partial charge on any atom is 0.235 e. The fourth-order valence-electron chi connectivity index (χ4n) is 1.46. The molecule has 1 aromatic rings. The first-order valence-corrected chi connectivity index (χ1v) is 5.53. The second-order valence-corrected chi connectivity index (χ2v) is 4.08. The van der Waals surface area contributed by atoms with E-state index in [2.05, 4.69) is 25.9 Å². The van der Waals surface area contributed by atoms with Crippen molar-refractivity contribution < 1.29 is 4.74 Å². The molecule has 1 aromatic heterocycles. The summed E-state index contributed by atoms with van der Waals surface area (Å²) in [6.45, 7) is 7.00. The lowest BCUT2D eigenvalue weighted by Crippen LogP contribution is -2.03. The Hall–Kier alpha value is -1.19. The van der Waals surface area contributed by atoms with E-state index in [1.165, 1.54) is 0 Å². The van der Waals surface area contributed by atoms with Crippen LogP contribution in [0.2, 0.25) is 0 Å². The highest BCUT2D eigenvalue weighted by Gasteiger charge is 2.16. The topological polar surface area (TPSA) is 53.1 Å². The van der Waals surface area contributed by atoms with E-state index in [4.69, 9.17) is 10.5 Å². The smallest absolute Gasteiger partial charge is 0.235 e. The second kappa shape index (κ2) is 5.05. The Labute approximate surface area is 91.4 Å². The number of hydrogen-bond acceptors (Lipinski definition) is 3. The highest BCUT2D eigenvalue weighted by Crippen LogP contribution is 2.29. The van der Waals surface area contributed by atoms with Crippen molar-refractivity contribution in [2.45, 2.75) is 39.5 Å². The monoisotopic (exact) mass is 211 g/mol. The van der Waals surface area contributed by atoms with Crippen LogP contribution in [-0.4, -0.2) is 16.4 Å². The fraction of sp³-hybridized carbons (Fsp3) is 0.727. The van der Waals surface area contributed by atoms with Gasteiger partial charge in [-0.1, -0.05) is 27.2 Å². The Bertz CT molecular complexity index is 318. The average molecular weight is 211 g/mol. The lowest BCUT2D eigenvalue weighted by Gasteiger charge is -2.06. The molecule has 0 saturated carbocycles. The molecule has 0 atom stereocenters. The number of hydrogen-bond donors (Lipinski definition) is 1. The number of anilines is 1. The molecule has 4 nitrogen and oxygen atoms in total. The highest BCUT2D eigenvalue weighted by molar-refractivity contribution is 5.54. The van der Waals surface area contributed by atoms with Crippen LogP contribution in [0.1, 0.15) is 45.2 Å². The van der Waals surface area contributed by atoms with E-state index in [9.17, 15) is 0 Å². The van der Waals surface area contributed by atoms with Crippen LogP contribution < -0.4 is 10.5 Å². The summed E-state index contributed by atoms with van der Waals surface area (Å²) < 4.78 is 7.34. The zero-order valence-electron chi connectivity index (χ0n) is 10.1. The van der Waals surface area contributed by atoms with E-state index in [1.807, 2.05) is 7.05 Å². The zero-order valence-corrected chi connectivity index (χ0v) is 10.1. The molecule has 0 spiro atoms. The van der Waals surface area contributed by atoms with Crippen LogP contribution in [0.4, 0.5) is 5.69 Å². The van der Waals surface area contributed by atoms with Crippen LogP contribution in [0, 0.1) is 0 Å². The van der Waals surface area contributed by atoms with E-state index in [1.54, 1.807) is 4.68 Å². The Morgan fingerprint density at radius 3 is 2.60 bits per heavy atom. The zero-order chi connectivity index (χ0) is 11.4. The van der Waals surface area contributed by atoms with Gasteiger partial charge >= 0.3 is 0 Å². The minimum Gasteiger partial charge on any atom is -0.476 e. The lowest BCUT2D eigenvalue weighted by molar-refractivity contribution is 0.285. The van der Waals surface area contributed by atoms with Gasteiger partial charge in [0.25, 0.3) is 0 Å². The van der Waals surface area contributed by atoms with Gasteiger partial charge in [0.15, 0.2) is 0 Å². The summed E-state index contributed by atoms with van der Waals surface area (Å²) in [5.41, 5.74) is 7.58. The van der Waals surface area contributed by atoms with Crippen molar-refractivity contribution in [3.05, 3.63) is 5.69 Å². The van der Waals surface area contributed by atoms with Crippen LogP contribution in [0.15, 0.2) is 0 Å². The largest absolute Gasteiger partial charge is 0.476 e. The predicted octanol–water partition coefficient (Wildman–Crippen LogP) is 2.30. The van der Waals surface area contributed by atoms with Crippen LogP contribution in [0.3, 0.4) is 0 Å². The van der Waals surface area contributed by atoms with Crippen molar-refractivity contribution in [2.24, 2.45) is 7.05 Å². The Morgan fingerprint density at radius 2 is 2.13 bits per heavy atom. The number of aryl methyl sites for hydroxylation is 1. The van der Waals surface area contributed by atoms with Gasteiger partial charge in [0.2, 0.25) is 5.88 Å². The number of unbranched alkanes of at least 4 members (excludes halogenated alkanes) is 1. The molecule has 0 amide bonds. The third-order valence-corrected chi connectivity index (χ3v) is 2.34. The summed E-state index contributed by atoms with van der Waals surface area (Å²) in [4.78, 5) is 0. The molecule has 1 rings (SSSR count). The van der Waals surface area contributed by atoms with Crippen molar-refractivity contribution in [2.75, 3.05) is 12.3 Å². The summed E-state index contributed by atoms with van der Waals surface area (Å²) >= 11 is 0. The Balaban J connectivity index is 2.79. The molecular weight excluding hydrogens is 190 g/mol. The van der Waals surface area contributed by atoms with E-state index in [0.29, 0.717) is 24.1 Å². The molecule has 0 saturated heterocycles. The number of aromatic nitrogens is 2. The molecule has 0 aliphatic carbocycles. The molecule has 0 aliphatic heterocycles. The fourth-order valence-corrected chi connectivity index (χ4v) is 1.46. The highest BCUT2D eigenvalue weighted by atomic mass is 16.5. The van der Waals surface area contributed by atoms with Crippen LogP contribution in [0.25, 0.3) is 0 Å². The third kappa shape index (κ3) is 2.64. The third-order valence-electron chi connectivity index (χ3n) is 2.34. The standard InChI is InChI=1S/C11H21N3O/c1-5-6-7-15-11-9(12)10(8(2)3)13-14(11)4/h8H,5-7,12H2,1-4H3. The number of nitrogens with zero attached hydrogens (tertiary/aromatic N) is 2. The van der Waals surface area contributed by atoms with Crippen LogP contribution in [0.5, 0.6) is 5.88 Å². The summed E-state index contributed by atoms with van der Waals surface area (Å²) in [7, 11) is 1.86. The molecule has 2 N–H and O–H groups in total. The van der Waals surface area contributed by atoms with Gasteiger partial charge in [-0.25, -0.2) is 4.68 Å².